The zero-order valence-corrected chi connectivity index (χ0v) is 19.2. The van der Waals surface area contributed by atoms with Crippen LogP contribution >= 0.6 is 0 Å². The minimum atomic E-state index is -0.320. The summed E-state index contributed by atoms with van der Waals surface area (Å²) in [7, 11) is 1.58. The summed E-state index contributed by atoms with van der Waals surface area (Å²) in [6, 6.07) is 10.3. The summed E-state index contributed by atoms with van der Waals surface area (Å²) >= 11 is 0. The van der Waals surface area contributed by atoms with Crippen molar-refractivity contribution >= 4 is 17.5 Å². The van der Waals surface area contributed by atoms with Crippen LogP contribution in [-0.4, -0.2) is 43.0 Å². The van der Waals surface area contributed by atoms with Crippen LogP contribution in [0.3, 0.4) is 0 Å². The molecule has 0 saturated carbocycles. The largest absolute Gasteiger partial charge is 0.495 e. The lowest BCUT2D eigenvalue weighted by molar-refractivity contribution is -0.127. The second kappa shape index (κ2) is 10.6. The van der Waals surface area contributed by atoms with Gasteiger partial charge in [-0.2, -0.15) is 0 Å². The molecule has 172 valence electrons. The number of likely N-dealkylation sites (tertiary alicyclic amines) is 1. The highest BCUT2D eigenvalue weighted by Gasteiger charge is 2.30. The molecule has 1 atom stereocenters. The highest BCUT2D eigenvalue weighted by Crippen LogP contribution is 2.26. The summed E-state index contributed by atoms with van der Waals surface area (Å²) in [6.45, 7) is 7.19. The first-order valence-electron chi connectivity index (χ1n) is 11.0. The van der Waals surface area contributed by atoms with Crippen LogP contribution in [0.2, 0.25) is 0 Å². The highest BCUT2D eigenvalue weighted by atomic mass is 19.1. The van der Waals surface area contributed by atoms with Crippen molar-refractivity contribution in [2.24, 2.45) is 5.92 Å². The number of halogens is 1. The number of rotatable bonds is 7. The molecule has 0 aliphatic carbocycles. The monoisotopic (exact) mass is 441 g/mol. The number of piperidine rings is 1. The standard InChI is InChI=1S/C25H32FN3O3/c1-16-5-8-23(32-4)22(13-16)28-24(30)18(3)29-11-9-20(10-12-29)25(31)27-15-19-7-6-17(2)21(26)14-19/h5-8,13-14,18,20H,9-12,15H2,1-4H3,(H,27,31)(H,28,30). The quantitative estimate of drug-likeness (QED) is 0.686. The van der Waals surface area contributed by atoms with Crippen molar-refractivity contribution in [3.8, 4) is 5.75 Å². The van der Waals surface area contributed by atoms with Gasteiger partial charge in [-0.3, -0.25) is 14.5 Å². The summed E-state index contributed by atoms with van der Waals surface area (Å²) < 4.78 is 19.0. The number of carbonyl (C=O) groups excluding carboxylic acids is 2. The Kier molecular flexibility index (Phi) is 7.85. The van der Waals surface area contributed by atoms with Crippen molar-refractivity contribution in [1.82, 2.24) is 10.2 Å². The Morgan fingerprint density at radius 2 is 1.88 bits per heavy atom. The fourth-order valence-electron chi connectivity index (χ4n) is 3.95. The molecule has 2 amide bonds. The maximum Gasteiger partial charge on any atom is 0.241 e. The number of nitrogens with zero attached hydrogens (tertiary/aromatic N) is 1. The predicted molar refractivity (Wildman–Crippen MR) is 123 cm³/mol. The normalized spacial score (nSPS) is 15.8. The lowest BCUT2D eigenvalue weighted by Crippen LogP contribution is -2.48. The van der Waals surface area contributed by atoms with Crippen molar-refractivity contribution < 1.29 is 18.7 Å². The molecule has 1 heterocycles. The van der Waals surface area contributed by atoms with Crippen molar-refractivity contribution in [3.05, 3.63) is 58.9 Å². The van der Waals surface area contributed by atoms with Crippen molar-refractivity contribution in [2.75, 3.05) is 25.5 Å². The first-order chi connectivity index (χ1) is 15.3. The molecule has 0 bridgehead atoms. The number of hydrogen-bond acceptors (Lipinski definition) is 4. The fraction of sp³-hybridized carbons (Fsp3) is 0.440. The van der Waals surface area contributed by atoms with E-state index in [2.05, 4.69) is 15.5 Å². The molecule has 32 heavy (non-hydrogen) atoms. The number of hydrogen-bond donors (Lipinski definition) is 2. The molecule has 1 fully saturated rings. The zero-order valence-electron chi connectivity index (χ0n) is 19.2. The average molecular weight is 442 g/mol. The molecule has 6 nitrogen and oxygen atoms in total. The smallest absolute Gasteiger partial charge is 0.241 e. The highest BCUT2D eigenvalue weighted by molar-refractivity contribution is 5.96. The Labute approximate surface area is 189 Å². The van der Waals surface area contributed by atoms with E-state index in [-0.39, 0.29) is 29.6 Å². The number of carbonyl (C=O) groups is 2. The van der Waals surface area contributed by atoms with E-state index in [1.165, 1.54) is 6.07 Å². The van der Waals surface area contributed by atoms with Gasteiger partial charge in [-0.05, 0) is 81.6 Å². The van der Waals surface area contributed by atoms with Crippen molar-refractivity contribution in [3.63, 3.8) is 0 Å². The molecule has 2 N–H and O–H groups in total. The maximum atomic E-state index is 13.7. The number of benzene rings is 2. The zero-order chi connectivity index (χ0) is 23.3. The number of amides is 2. The van der Waals surface area contributed by atoms with Crippen LogP contribution in [0.1, 0.15) is 36.5 Å². The van der Waals surface area contributed by atoms with Crippen LogP contribution < -0.4 is 15.4 Å². The fourth-order valence-corrected chi connectivity index (χ4v) is 3.95. The summed E-state index contributed by atoms with van der Waals surface area (Å²) in [5, 5.41) is 5.88. The van der Waals surface area contributed by atoms with Crippen molar-refractivity contribution in [2.45, 2.75) is 46.2 Å². The van der Waals surface area contributed by atoms with Gasteiger partial charge in [0.1, 0.15) is 11.6 Å². The topological polar surface area (TPSA) is 70.7 Å². The van der Waals surface area contributed by atoms with Gasteiger partial charge in [-0.1, -0.05) is 18.2 Å². The minimum absolute atomic E-state index is 0.0211. The molecule has 1 aliphatic rings. The molecule has 3 rings (SSSR count). The van der Waals surface area contributed by atoms with Gasteiger partial charge in [0.25, 0.3) is 0 Å². The second-order valence-corrected chi connectivity index (χ2v) is 8.48. The Bertz CT molecular complexity index is 971. The lowest BCUT2D eigenvalue weighted by atomic mass is 9.94. The third kappa shape index (κ3) is 5.85. The average Bonchev–Trinajstić information content (AvgIpc) is 2.79. The van der Waals surface area contributed by atoms with Crippen LogP contribution in [0.4, 0.5) is 10.1 Å². The van der Waals surface area contributed by atoms with Crippen LogP contribution in [-0.2, 0) is 16.1 Å². The lowest BCUT2D eigenvalue weighted by Gasteiger charge is -2.34. The van der Waals surface area contributed by atoms with E-state index in [1.807, 2.05) is 38.1 Å². The van der Waals surface area contributed by atoms with Crippen molar-refractivity contribution in [1.29, 1.82) is 0 Å². The van der Waals surface area contributed by atoms with Gasteiger partial charge >= 0.3 is 0 Å². The minimum Gasteiger partial charge on any atom is -0.495 e. The van der Waals surface area contributed by atoms with E-state index < -0.39 is 0 Å². The van der Waals surface area contributed by atoms with E-state index >= 15 is 0 Å². The molecule has 7 heteroatoms. The number of anilines is 1. The van der Waals surface area contributed by atoms with E-state index in [0.717, 1.165) is 11.1 Å². The summed E-state index contributed by atoms with van der Waals surface area (Å²) in [6.07, 6.45) is 1.36. The summed E-state index contributed by atoms with van der Waals surface area (Å²) in [5.74, 6) is 0.139. The van der Waals surface area contributed by atoms with Crippen LogP contribution in [0.25, 0.3) is 0 Å². The molecule has 1 saturated heterocycles. The first-order valence-corrected chi connectivity index (χ1v) is 11.0. The van der Waals surface area contributed by atoms with E-state index in [1.54, 1.807) is 20.1 Å². The molecule has 0 radical (unpaired) electrons. The van der Waals surface area contributed by atoms with Gasteiger partial charge < -0.3 is 15.4 Å². The molecule has 2 aromatic carbocycles. The predicted octanol–water partition coefficient (Wildman–Crippen LogP) is 3.81. The molecule has 1 unspecified atom stereocenters. The Morgan fingerprint density at radius 1 is 1.16 bits per heavy atom. The third-order valence-electron chi connectivity index (χ3n) is 6.14. The van der Waals surface area contributed by atoms with Gasteiger partial charge in [0, 0.05) is 12.5 Å². The maximum absolute atomic E-state index is 13.7. The Morgan fingerprint density at radius 3 is 2.53 bits per heavy atom. The second-order valence-electron chi connectivity index (χ2n) is 8.48. The summed E-state index contributed by atoms with van der Waals surface area (Å²) in [4.78, 5) is 27.5. The van der Waals surface area contributed by atoms with Gasteiger partial charge in [0.15, 0.2) is 0 Å². The molecular formula is C25H32FN3O3. The van der Waals surface area contributed by atoms with E-state index in [4.69, 9.17) is 4.74 Å². The van der Waals surface area contributed by atoms with Crippen LogP contribution in [0.15, 0.2) is 36.4 Å². The number of methoxy groups -OCH3 is 1. The van der Waals surface area contributed by atoms with Crippen LogP contribution in [0, 0.1) is 25.6 Å². The number of ether oxygens (including phenoxy) is 1. The van der Waals surface area contributed by atoms with Gasteiger partial charge in [0.05, 0.1) is 18.8 Å². The van der Waals surface area contributed by atoms with E-state index in [9.17, 15) is 14.0 Å². The molecule has 0 aromatic heterocycles. The van der Waals surface area contributed by atoms with Gasteiger partial charge in [-0.25, -0.2) is 4.39 Å². The van der Waals surface area contributed by atoms with Crippen LogP contribution in [0.5, 0.6) is 5.75 Å². The third-order valence-corrected chi connectivity index (χ3v) is 6.14. The number of nitrogens with one attached hydrogen (secondary N) is 2. The Hall–Kier alpha value is -2.93. The SMILES string of the molecule is COc1ccc(C)cc1NC(=O)C(C)N1CCC(C(=O)NCc2ccc(C)c(F)c2)CC1. The van der Waals surface area contributed by atoms with Gasteiger partial charge in [-0.15, -0.1) is 0 Å². The molecule has 2 aromatic rings. The number of aryl methyl sites for hydroxylation is 2. The first kappa shape index (κ1) is 23.7. The molecule has 0 spiro atoms. The van der Waals surface area contributed by atoms with Gasteiger partial charge in [0.2, 0.25) is 11.8 Å². The molecular weight excluding hydrogens is 409 g/mol. The Balaban J connectivity index is 1.49. The van der Waals surface area contributed by atoms with E-state index in [0.29, 0.717) is 49.5 Å². The molecule has 1 aliphatic heterocycles. The summed E-state index contributed by atoms with van der Waals surface area (Å²) in [5.41, 5.74) is 3.03.